The third-order valence-electron chi connectivity index (χ3n) is 4.93. The normalized spacial score (nSPS) is 19.6. The zero-order valence-corrected chi connectivity index (χ0v) is 18.2. The average Bonchev–Trinajstić information content (AvgIpc) is 3.28. The molecule has 2 heterocycles. The molecule has 0 radical (unpaired) electrons. The summed E-state index contributed by atoms with van der Waals surface area (Å²) in [5.41, 5.74) is 0.876. The first kappa shape index (κ1) is 20.8. The number of hydrogen-bond donors (Lipinski definition) is 1. The highest BCUT2D eigenvalue weighted by molar-refractivity contribution is 9.10. The van der Waals surface area contributed by atoms with Crippen molar-refractivity contribution < 1.29 is 23.9 Å². The van der Waals surface area contributed by atoms with Gasteiger partial charge < -0.3 is 14.8 Å². The molecule has 0 saturated carbocycles. The van der Waals surface area contributed by atoms with Gasteiger partial charge in [-0.25, -0.2) is 4.90 Å². The van der Waals surface area contributed by atoms with Gasteiger partial charge in [-0.05, 0) is 36.4 Å². The van der Waals surface area contributed by atoms with Crippen LogP contribution in [0, 0.1) is 0 Å². The van der Waals surface area contributed by atoms with E-state index in [-0.39, 0.29) is 6.54 Å². The van der Waals surface area contributed by atoms with Crippen LogP contribution in [0.5, 0.6) is 11.5 Å². The third kappa shape index (κ3) is 3.83. The molecule has 0 aromatic heterocycles. The van der Waals surface area contributed by atoms with Crippen LogP contribution in [0.2, 0.25) is 0 Å². The molecule has 0 aliphatic carbocycles. The number of rotatable bonds is 6. The first-order valence-electron chi connectivity index (χ1n) is 9.25. The fourth-order valence-corrected chi connectivity index (χ4v) is 3.70. The van der Waals surface area contributed by atoms with Gasteiger partial charge in [0.15, 0.2) is 12.1 Å². The van der Waals surface area contributed by atoms with Gasteiger partial charge >= 0.3 is 0 Å². The summed E-state index contributed by atoms with van der Waals surface area (Å²) in [6.45, 7) is -0.257. The highest BCUT2D eigenvalue weighted by Gasteiger charge is 2.55. The molecule has 10 nitrogen and oxygen atoms in total. The summed E-state index contributed by atoms with van der Waals surface area (Å²) in [5.74, 6) is -0.389. The van der Waals surface area contributed by atoms with Crippen molar-refractivity contribution in [1.82, 2.24) is 5.01 Å². The summed E-state index contributed by atoms with van der Waals surface area (Å²) in [5, 5.41) is 11.8. The number of nitrogens with zero attached hydrogens (tertiary/aromatic N) is 4. The van der Waals surface area contributed by atoms with Gasteiger partial charge in [-0.2, -0.15) is 5.11 Å². The number of benzene rings is 2. The fourth-order valence-electron chi connectivity index (χ4n) is 3.44. The molecule has 0 spiro atoms. The van der Waals surface area contributed by atoms with E-state index in [1.165, 1.54) is 19.2 Å². The highest BCUT2D eigenvalue weighted by atomic mass is 79.9. The van der Waals surface area contributed by atoms with Crippen LogP contribution >= 0.6 is 15.9 Å². The molecule has 2 aromatic rings. The summed E-state index contributed by atoms with van der Waals surface area (Å²) in [6.07, 6.45) is 0. The molecular weight excluding hydrogens is 470 g/mol. The van der Waals surface area contributed by atoms with Crippen molar-refractivity contribution in [2.45, 2.75) is 12.1 Å². The van der Waals surface area contributed by atoms with Crippen molar-refractivity contribution in [2.24, 2.45) is 10.3 Å². The van der Waals surface area contributed by atoms with Crippen LogP contribution in [-0.4, -0.2) is 55.6 Å². The molecule has 2 aliphatic heterocycles. The van der Waals surface area contributed by atoms with Crippen LogP contribution in [-0.2, 0) is 14.4 Å². The summed E-state index contributed by atoms with van der Waals surface area (Å²) >= 11 is 3.32. The molecule has 0 unspecified atom stereocenters. The molecule has 0 bridgehead atoms. The van der Waals surface area contributed by atoms with Crippen LogP contribution in [0.1, 0.15) is 0 Å². The largest absolute Gasteiger partial charge is 0.497 e. The van der Waals surface area contributed by atoms with Crippen LogP contribution in [0.25, 0.3) is 0 Å². The Labute approximate surface area is 185 Å². The summed E-state index contributed by atoms with van der Waals surface area (Å²) in [7, 11) is 3.00. The van der Waals surface area contributed by atoms with Crippen LogP contribution < -0.4 is 19.7 Å². The molecule has 2 aromatic carbocycles. The fraction of sp³-hybridized carbons (Fsp3) is 0.250. The zero-order valence-electron chi connectivity index (χ0n) is 16.6. The van der Waals surface area contributed by atoms with Gasteiger partial charge in [0.1, 0.15) is 18.0 Å². The molecule has 1 N–H and O–H groups in total. The monoisotopic (exact) mass is 487 g/mol. The Hall–Kier alpha value is -3.47. The zero-order chi connectivity index (χ0) is 22.1. The lowest BCUT2D eigenvalue weighted by atomic mass is 10.1. The van der Waals surface area contributed by atoms with Gasteiger partial charge in [-0.1, -0.05) is 21.2 Å². The minimum absolute atomic E-state index is 0.257. The molecule has 1 fully saturated rings. The lowest BCUT2D eigenvalue weighted by Gasteiger charge is -2.20. The minimum atomic E-state index is -0.973. The molecule has 1 saturated heterocycles. The Kier molecular flexibility index (Phi) is 5.59. The molecule has 2 atom stereocenters. The van der Waals surface area contributed by atoms with Crippen molar-refractivity contribution in [2.75, 3.05) is 31.0 Å². The van der Waals surface area contributed by atoms with E-state index >= 15 is 0 Å². The van der Waals surface area contributed by atoms with Crippen molar-refractivity contribution >= 4 is 45.0 Å². The number of halogens is 1. The quantitative estimate of drug-likeness (QED) is 0.625. The smallest absolute Gasteiger partial charge is 0.263 e. The number of hydrogen-bond acceptors (Lipinski definition) is 8. The highest BCUT2D eigenvalue weighted by Crippen LogP contribution is 2.33. The van der Waals surface area contributed by atoms with E-state index in [9.17, 15) is 14.4 Å². The first-order chi connectivity index (χ1) is 14.9. The predicted octanol–water partition coefficient (Wildman–Crippen LogP) is 2.40. The van der Waals surface area contributed by atoms with Crippen molar-refractivity contribution in [3.8, 4) is 11.5 Å². The van der Waals surface area contributed by atoms with Gasteiger partial charge in [0, 0.05) is 10.5 Å². The van der Waals surface area contributed by atoms with Crippen LogP contribution in [0.15, 0.2) is 57.3 Å². The summed E-state index contributed by atoms with van der Waals surface area (Å²) in [6, 6.07) is 9.81. The van der Waals surface area contributed by atoms with Crippen LogP contribution in [0.4, 0.5) is 11.4 Å². The number of amides is 3. The van der Waals surface area contributed by atoms with E-state index in [4.69, 9.17) is 9.47 Å². The number of nitrogens with one attached hydrogen (secondary N) is 1. The van der Waals surface area contributed by atoms with Gasteiger partial charge in [-0.15, -0.1) is 0 Å². The molecule has 4 rings (SSSR count). The molecule has 3 amide bonds. The average molecular weight is 488 g/mol. The molecule has 2 aliphatic rings. The third-order valence-corrected chi connectivity index (χ3v) is 5.46. The van der Waals surface area contributed by atoms with E-state index in [2.05, 4.69) is 31.6 Å². The number of ether oxygens (including phenoxy) is 2. The van der Waals surface area contributed by atoms with E-state index in [1.54, 1.807) is 42.5 Å². The van der Waals surface area contributed by atoms with E-state index in [1.807, 2.05) is 0 Å². The second-order valence-corrected chi connectivity index (χ2v) is 7.71. The predicted molar refractivity (Wildman–Crippen MR) is 114 cm³/mol. The standard InChI is InChI=1S/C20H18BrN5O5/c1-30-13-7-8-14(15(9-13)31-2)22-16(27)10-25-18-17(23-24-25)19(28)26(20(18)29)12-5-3-11(21)4-6-12/h3-9,17-18H,10H2,1-2H3,(H,22,27)/t17-,18+/m0/s1. The second-order valence-electron chi connectivity index (χ2n) is 6.79. The molecular formula is C20H18BrN5O5. The Morgan fingerprint density at radius 1 is 1.10 bits per heavy atom. The lowest BCUT2D eigenvalue weighted by Crippen LogP contribution is -2.43. The molecule has 31 heavy (non-hydrogen) atoms. The van der Waals surface area contributed by atoms with E-state index < -0.39 is 29.8 Å². The second kappa shape index (κ2) is 8.34. The van der Waals surface area contributed by atoms with Gasteiger partial charge in [0.25, 0.3) is 11.8 Å². The number of methoxy groups -OCH3 is 2. The first-order valence-corrected chi connectivity index (χ1v) is 10.0. The van der Waals surface area contributed by atoms with Crippen molar-refractivity contribution in [1.29, 1.82) is 0 Å². The Bertz CT molecular complexity index is 1070. The van der Waals surface area contributed by atoms with E-state index in [0.717, 1.165) is 9.37 Å². The van der Waals surface area contributed by atoms with Crippen LogP contribution in [0.3, 0.4) is 0 Å². The van der Waals surface area contributed by atoms with E-state index in [0.29, 0.717) is 22.9 Å². The van der Waals surface area contributed by atoms with Gasteiger partial charge in [-0.3, -0.25) is 19.4 Å². The Morgan fingerprint density at radius 3 is 2.52 bits per heavy atom. The van der Waals surface area contributed by atoms with Gasteiger partial charge in [0.05, 0.1) is 25.6 Å². The number of carbonyl (C=O) groups excluding carboxylic acids is 3. The minimum Gasteiger partial charge on any atom is -0.497 e. The summed E-state index contributed by atoms with van der Waals surface area (Å²) < 4.78 is 11.2. The van der Waals surface area contributed by atoms with Crippen molar-refractivity contribution in [3.63, 3.8) is 0 Å². The number of carbonyl (C=O) groups is 3. The lowest BCUT2D eigenvalue weighted by molar-refractivity contribution is -0.123. The molecule has 160 valence electrons. The maximum Gasteiger partial charge on any atom is 0.263 e. The maximum absolute atomic E-state index is 13.0. The molecule has 11 heteroatoms. The SMILES string of the molecule is COc1ccc(NC(=O)CN2N=N[C@@H]3C(=O)N(c4ccc(Br)cc4)C(=O)[C@@H]32)c(OC)c1. The topological polar surface area (TPSA) is 113 Å². The maximum atomic E-state index is 13.0. The number of fused-ring (bicyclic) bond motifs is 1. The Balaban J connectivity index is 1.48. The number of imide groups is 1. The van der Waals surface area contributed by atoms with Gasteiger partial charge in [0.2, 0.25) is 5.91 Å². The Morgan fingerprint density at radius 2 is 1.84 bits per heavy atom. The van der Waals surface area contributed by atoms with Crippen molar-refractivity contribution in [3.05, 3.63) is 46.9 Å². The summed E-state index contributed by atoms with van der Waals surface area (Å²) in [4.78, 5) is 39.4. The number of anilines is 2.